The van der Waals surface area contributed by atoms with Gasteiger partial charge in [0.15, 0.2) is 0 Å². The van der Waals surface area contributed by atoms with E-state index in [0.29, 0.717) is 0 Å². The number of hydrogen-bond donors (Lipinski definition) is 1. The minimum Gasteiger partial charge on any atom is -0.506 e. The smallest absolute Gasteiger partial charge is 0.416 e. The Labute approximate surface area is 112 Å². The van der Waals surface area contributed by atoms with Gasteiger partial charge in [0, 0.05) is 6.07 Å². The minimum absolute atomic E-state index is 0.0385. The van der Waals surface area contributed by atoms with Gasteiger partial charge in [0.2, 0.25) is 0 Å². The van der Waals surface area contributed by atoms with Crippen LogP contribution in [0.25, 0.3) is 0 Å². The first-order valence-electron chi connectivity index (χ1n) is 5.20. The summed E-state index contributed by atoms with van der Waals surface area (Å²) in [6.07, 6.45) is -4.42. The van der Waals surface area contributed by atoms with Gasteiger partial charge in [-0.3, -0.25) is 0 Å². The van der Waals surface area contributed by atoms with Gasteiger partial charge in [0.05, 0.1) is 10.6 Å². The number of aromatic hydroxyl groups is 1. The van der Waals surface area contributed by atoms with E-state index in [-0.39, 0.29) is 22.3 Å². The van der Waals surface area contributed by atoms with Crippen molar-refractivity contribution >= 4 is 11.6 Å². The van der Waals surface area contributed by atoms with E-state index in [2.05, 4.69) is 0 Å². The molecule has 0 atom stereocenters. The summed E-state index contributed by atoms with van der Waals surface area (Å²) in [6, 6.07) is 8.51. The Morgan fingerprint density at radius 2 is 1.68 bits per heavy atom. The monoisotopic (exact) mass is 288 g/mol. The standard InChI is InChI=1S/C13H8ClF3O2/c14-11-7-10(4-5-12(11)18)19-9-3-1-2-8(6-9)13(15,16)17/h1-7,18H. The average molecular weight is 289 g/mol. The Morgan fingerprint density at radius 3 is 2.32 bits per heavy atom. The van der Waals surface area contributed by atoms with Crippen LogP contribution < -0.4 is 4.74 Å². The molecule has 0 aromatic heterocycles. The number of halogens is 4. The van der Waals surface area contributed by atoms with Gasteiger partial charge >= 0.3 is 6.18 Å². The van der Waals surface area contributed by atoms with Gasteiger partial charge in [-0.1, -0.05) is 17.7 Å². The summed E-state index contributed by atoms with van der Waals surface area (Å²) in [5.41, 5.74) is -0.796. The van der Waals surface area contributed by atoms with E-state index in [1.165, 1.54) is 30.3 Å². The van der Waals surface area contributed by atoms with Crippen LogP contribution in [0.2, 0.25) is 5.02 Å². The van der Waals surface area contributed by atoms with Crippen LogP contribution in [0, 0.1) is 0 Å². The second kappa shape index (κ2) is 5.01. The van der Waals surface area contributed by atoms with Crippen molar-refractivity contribution in [1.82, 2.24) is 0 Å². The fourth-order valence-electron chi connectivity index (χ4n) is 1.42. The lowest BCUT2D eigenvalue weighted by atomic mass is 10.2. The van der Waals surface area contributed by atoms with E-state index in [0.717, 1.165) is 12.1 Å². The molecule has 1 N–H and O–H groups in total. The zero-order chi connectivity index (χ0) is 14.0. The molecule has 0 aliphatic rings. The van der Waals surface area contributed by atoms with E-state index < -0.39 is 11.7 Å². The van der Waals surface area contributed by atoms with Gasteiger partial charge in [-0.25, -0.2) is 0 Å². The molecule has 2 nitrogen and oxygen atoms in total. The summed E-state index contributed by atoms with van der Waals surface area (Å²) >= 11 is 5.67. The van der Waals surface area contributed by atoms with Crippen LogP contribution in [0.15, 0.2) is 42.5 Å². The summed E-state index contributed by atoms with van der Waals surface area (Å²) in [4.78, 5) is 0. The van der Waals surface area contributed by atoms with Gasteiger partial charge in [-0.15, -0.1) is 0 Å². The summed E-state index contributed by atoms with van der Waals surface area (Å²) in [6.45, 7) is 0. The molecule has 0 unspecified atom stereocenters. The highest BCUT2D eigenvalue weighted by Gasteiger charge is 2.30. The zero-order valence-electron chi connectivity index (χ0n) is 9.41. The molecule has 6 heteroatoms. The molecule has 2 aromatic rings. The van der Waals surface area contributed by atoms with Gasteiger partial charge in [-0.2, -0.15) is 13.2 Å². The zero-order valence-corrected chi connectivity index (χ0v) is 10.2. The average Bonchev–Trinajstić information content (AvgIpc) is 2.33. The topological polar surface area (TPSA) is 29.5 Å². The Morgan fingerprint density at radius 1 is 1.00 bits per heavy atom. The fourth-order valence-corrected chi connectivity index (χ4v) is 1.59. The second-order valence-electron chi connectivity index (χ2n) is 3.74. The van der Waals surface area contributed by atoms with E-state index in [1.807, 2.05) is 0 Å². The lowest BCUT2D eigenvalue weighted by Gasteiger charge is -2.10. The van der Waals surface area contributed by atoms with Gasteiger partial charge < -0.3 is 9.84 Å². The van der Waals surface area contributed by atoms with Crippen LogP contribution in [-0.2, 0) is 6.18 Å². The maximum atomic E-state index is 12.5. The van der Waals surface area contributed by atoms with Crippen molar-refractivity contribution in [2.45, 2.75) is 6.18 Å². The van der Waals surface area contributed by atoms with Crippen LogP contribution in [0.4, 0.5) is 13.2 Å². The summed E-state index contributed by atoms with van der Waals surface area (Å²) in [5.74, 6) is 0.150. The maximum Gasteiger partial charge on any atom is 0.416 e. The number of phenols is 1. The van der Waals surface area contributed by atoms with Crippen LogP contribution >= 0.6 is 11.6 Å². The van der Waals surface area contributed by atoms with Crippen LogP contribution in [0.3, 0.4) is 0 Å². The molecule has 100 valence electrons. The van der Waals surface area contributed by atoms with Crippen molar-refractivity contribution in [3.8, 4) is 17.2 Å². The van der Waals surface area contributed by atoms with Crippen LogP contribution in [0.1, 0.15) is 5.56 Å². The summed E-state index contributed by atoms with van der Waals surface area (Å²) in [7, 11) is 0. The normalized spacial score (nSPS) is 11.4. The molecule has 2 aromatic carbocycles. The molecule has 0 bridgehead atoms. The Hall–Kier alpha value is -1.88. The van der Waals surface area contributed by atoms with Crippen LogP contribution in [-0.4, -0.2) is 5.11 Å². The summed E-state index contributed by atoms with van der Waals surface area (Å²) in [5, 5.41) is 9.28. The number of ether oxygens (including phenoxy) is 1. The van der Waals surface area contributed by atoms with E-state index >= 15 is 0 Å². The van der Waals surface area contributed by atoms with Crippen molar-refractivity contribution in [3.05, 3.63) is 53.1 Å². The first kappa shape index (κ1) is 13.5. The third-order valence-electron chi connectivity index (χ3n) is 2.32. The van der Waals surface area contributed by atoms with Crippen LogP contribution in [0.5, 0.6) is 17.2 Å². The SMILES string of the molecule is Oc1ccc(Oc2cccc(C(F)(F)F)c2)cc1Cl. The maximum absolute atomic E-state index is 12.5. The van der Waals surface area contributed by atoms with E-state index in [9.17, 15) is 18.3 Å². The number of phenolic OH excluding ortho intramolecular Hbond substituents is 1. The number of hydrogen-bond acceptors (Lipinski definition) is 2. The second-order valence-corrected chi connectivity index (χ2v) is 4.15. The molecule has 0 aliphatic heterocycles. The molecular formula is C13H8ClF3O2. The summed E-state index contributed by atoms with van der Waals surface area (Å²) < 4.78 is 42.8. The first-order valence-corrected chi connectivity index (χ1v) is 5.58. The molecule has 0 radical (unpaired) electrons. The third kappa shape index (κ3) is 3.32. The molecule has 0 amide bonds. The number of alkyl halides is 3. The molecular weight excluding hydrogens is 281 g/mol. The molecule has 0 spiro atoms. The lowest BCUT2D eigenvalue weighted by Crippen LogP contribution is -2.04. The Bertz CT molecular complexity index is 597. The molecule has 0 saturated heterocycles. The first-order chi connectivity index (χ1) is 8.86. The number of benzene rings is 2. The molecule has 0 heterocycles. The number of rotatable bonds is 2. The van der Waals surface area contributed by atoms with E-state index in [4.69, 9.17) is 16.3 Å². The van der Waals surface area contributed by atoms with Crippen molar-refractivity contribution < 1.29 is 23.0 Å². The predicted molar refractivity (Wildman–Crippen MR) is 64.6 cm³/mol. The van der Waals surface area contributed by atoms with Gasteiger partial charge in [0.25, 0.3) is 0 Å². The molecule has 19 heavy (non-hydrogen) atoms. The minimum atomic E-state index is -4.42. The van der Waals surface area contributed by atoms with Crippen molar-refractivity contribution in [2.24, 2.45) is 0 Å². The van der Waals surface area contributed by atoms with Crippen molar-refractivity contribution in [1.29, 1.82) is 0 Å². The van der Waals surface area contributed by atoms with Crippen molar-refractivity contribution in [2.75, 3.05) is 0 Å². The van der Waals surface area contributed by atoms with Crippen molar-refractivity contribution in [3.63, 3.8) is 0 Å². The molecule has 2 rings (SSSR count). The highest BCUT2D eigenvalue weighted by molar-refractivity contribution is 6.32. The molecule has 0 fully saturated rings. The lowest BCUT2D eigenvalue weighted by molar-refractivity contribution is -0.137. The Kier molecular flexibility index (Phi) is 3.57. The van der Waals surface area contributed by atoms with E-state index in [1.54, 1.807) is 0 Å². The largest absolute Gasteiger partial charge is 0.506 e. The molecule has 0 aliphatic carbocycles. The third-order valence-corrected chi connectivity index (χ3v) is 2.62. The molecule has 0 saturated carbocycles. The van der Waals surface area contributed by atoms with Gasteiger partial charge in [-0.05, 0) is 30.3 Å². The van der Waals surface area contributed by atoms with Gasteiger partial charge in [0.1, 0.15) is 17.2 Å². The highest BCUT2D eigenvalue weighted by Crippen LogP contribution is 2.34. The predicted octanol–water partition coefficient (Wildman–Crippen LogP) is 4.86. The highest BCUT2D eigenvalue weighted by atomic mass is 35.5. The Balaban J connectivity index is 2.26. The fraction of sp³-hybridized carbons (Fsp3) is 0.0769. The quantitative estimate of drug-likeness (QED) is 0.855.